The third kappa shape index (κ3) is 3.62. The van der Waals surface area contributed by atoms with Crippen molar-refractivity contribution in [1.29, 1.82) is 0 Å². The average Bonchev–Trinajstić information content (AvgIpc) is 3.37. The molecule has 6 nitrogen and oxygen atoms in total. The van der Waals surface area contributed by atoms with Crippen molar-refractivity contribution >= 4 is 39.9 Å². The molecule has 3 aromatic carbocycles. The largest absolute Gasteiger partial charge is 0.503 e. The summed E-state index contributed by atoms with van der Waals surface area (Å²) in [6, 6.07) is 20.1. The number of aliphatic hydroxyl groups excluding tert-OH is 1. The molecule has 170 valence electrons. The molecule has 2 heterocycles. The van der Waals surface area contributed by atoms with E-state index in [2.05, 4.69) is 0 Å². The molecule has 0 saturated heterocycles. The first kappa shape index (κ1) is 21.8. The number of carbonyl (C=O) groups is 2. The summed E-state index contributed by atoms with van der Waals surface area (Å²) in [5.74, 6) is -1.20. The Kier molecular flexibility index (Phi) is 5.38. The maximum Gasteiger partial charge on any atom is 0.294 e. The molecule has 1 aliphatic heterocycles. The van der Waals surface area contributed by atoms with Crippen molar-refractivity contribution in [3.8, 4) is 5.75 Å². The van der Waals surface area contributed by atoms with Gasteiger partial charge in [0.05, 0.1) is 18.7 Å². The fraction of sp³-hybridized carbons (Fsp3) is 0.111. The normalized spacial score (nSPS) is 15.9. The molecule has 5 rings (SSSR count). The van der Waals surface area contributed by atoms with Crippen LogP contribution in [0.3, 0.4) is 0 Å². The number of nitrogens with zero attached hydrogens (tertiary/aromatic N) is 1. The third-order valence-corrected chi connectivity index (χ3v) is 6.10. The molecule has 0 saturated carbocycles. The van der Waals surface area contributed by atoms with Gasteiger partial charge in [0.2, 0.25) is 5.78 Å². The molecule has 4 aromatic rings. The molecule has 1 aromatic heterocycles. The van der Waals surface area contributed by atoms with Crippen LogP contribution >= 0.6 is 11.6 Å². The fourth-order valence-corrected chi connectivity index (χ4v) is 4.42. The fourth-order valence-electron chi connectivity index (χ4n) is 4.24. The molecule has 0 bridgehead atoms. The van der Waals surface area contributed by atoms with E-state index in [-0.39, 0.29) is 11.3 Å². The number of aliphatic hydroxyl groups is 1. The SMILES string of the molecule is COc1ccc(C2C(C(=O)c3cc4cc(Cl)ccc4o3)=C(O)C(=O)N2c2cccc(C)c2)cc1. The number of Topliss-reactive ketones (excluding diaryl/α,β-unsaturated/α-hetero) is 1. The van der Waals surface area contributed by atoms with Crippen LogP contribution in [0.4, 0.5) is 5.69 Å². The molecule has 0 aliphatic carbocycles. The summed E-state index contributed by atoms with van der Waals surface area (Å²) in [6.45, 7) is 1.91. The topological polar surface area (TPSA) is 80.0 Å². The van der Waals surface area contributed by atoms with E-state index in [9.17, 15) is 14.7 Å². The molecule has 1 aliphatic rings. The summed E-state index contributed by atoms with van der Waals surface area (Å²) in [5, 5.41) is 12.1. The lowest BCUT2D eigenvalue weighted by atomic mass is 9.94. The molecular weight excluding hydrogens is 454 g/mol. The molecular formula is C27H20ClNO5. The Hall–Kier alpha value is -4.03. The first-order valence-corrected chi connectivity index (χ1v) is 11.0. The van der Waals surface area contributed by atoms with E-state index < -0.39 is 23.5 Å². The van der Waals surface area contributed by atoms with Crippen LogP contribution in [0.15, 0.2) is 88.5 Å². The molecule has 0 spiro atoms. The second-order valence-corrected chi connectivity index (χ2v) is 8.51. The first-order chi connectivity index (χ1) is 16.4. The summed E-state index contributed by atoms with van der Waals surface area (Å²) < 4.78 is 11.0. The maximum atomic E-state index is 13.7. The molecule has 34 heavy (non-hydrogen) atoms. The number of amides is 1. The predicted molar refractivity (Wildman–Crippen MR) is 130 cm³/mol. The number of aryl methyl sites for hydroxylation is 1. The van der Waals surface area contributed by atoms with E-state index in [4.69, 9.17) is 20.8 Å². The van der Waals surface area contributed by atoms with Crippen molar-refractivity contribution in [2.75, 3.05) is 12.0 Å². The smallest absolute Gasteiger partial charge is 0.294 e. The van der Waals surface area contributed by atoms with Gasteiger partial charge in [-0.1, -0.05) is 35.9 Å². The Bertz CT molecular complexity index is 1470. The summed E-state index contributed by atoms with van der Waals surface area (Å²) in [4.78, 5) is 28.4. The number of rotatable bonds is 5. The average molecular weight is 474 g/mol. The van der Waals surface area contributed by atoms with Crippen molar-refractivity contribution in [3.05, 3.63) is 106 Å². The van der Waals surface area contributed by atoms with E-state index in [1.165, 1.54) is 4.90 Å². The number of furan rings is 1. The second-order valence-electron chi connectivity index (χ2n) is 8.07. The lowest BCUT2D eigenvalue weighted by Crippen LogP contribution is -2.31. The van der Waals surface area contributed by atoms with Gasteiger partial charge < -0.3 is 14.3 Å². The summed E-state index contributed by atoms with van der Waals surface area (Å²) in [5.41, 5.74) is 2.57. The number of hydrogen-bond acceptors (Lipinski definition) is 5. The van der Waals surface area contributed by atoms with Crippen LogP contribution in [0.5, 0.6) is 5.75 Å². The summed E-state index contributed by atoms with van der Waals surface area (Å²) in [7, 11) is 1.56. The Morgan fingerprint density at radius 1 is 1.06 bits per heavy atom. The minimum atomic E-state index is -0.857. The number of methoxy groups -OCH3 is 1. The van der Waals surface area contributed by atoms with Gasteiger partial charge in [0.1, 0.15) is 11.3 Å². The number of ketones is 1. The molecule has 7 heteroatoms. The van der Waals surface area contributed by atoms with E-state index in [1.807, 2.05) is 25.1 Å². The zero-order valence-electron chi connectivity index (χ0n) is 18.4. The van der Waals surface area contributed by atoms with Crippen LogP contribution in [-0.2, 0) is 4.79 Å². The van der Waals surface area contributed by atoms with Gasteiger partial charge in [-0.05, 0) is 66.6 Å². The van der Waals surface area contributed by atoms with Gasteiger partial charge in [0.15, 0.2) is 11.5 Å². The standard InChI is InChI=1S/C27H20ClNO5/c1-15-4-3-5-19(12-15)29-24(16-6-9-20(33-2)10-7-16)23(26(31)27(29)32)25(30)22-14-17-13-18(28)8-11-21(17)34-22/h3-14,24,31H,1-2H3. The van der Waals surface area contributed by atoms with Gasteiger partial charge in [-0.3, -0.25) is 14.5 Å². The van der Waals surface area contributed by atoms with E-state index in [0.717, 1.165) is 5.56 Å². The highest BCUT2D eigenvalue weighted by atomic mass is 35.5. The van der Waals surface area contributed by atoms with Crippen LogP contribution in [0, 0.1) is 6.92 Å². The van der Waals surface area contributed by atoms with E-state index in [0.29, 0.717) is 33.0 Å². The van der Waals surface area contributed by atoms with E-state index in [1.54, 1.807) is 61.7 Å². The van der Waals surface area contributed by atoms with Crippen molar-refractivity contribution in [2.24, 2.45) is 0 Å². The maximum absolute atomic E-state index is 13.7. The first-order valence-electron chi connectivity index (χ1n) is 10.6. The van der Waals surface area contributed by atoms with Crippen molar-refractivity contribution in [2.45, 2.75) is 13.0 Å². The summed E-state index contributed by atoms with van der Waals surface area (Å²) in [6.07, 6.45) is 0. The second kappa shape index (κ2) is 8.39. The molecule has 1 amide bonds. The van der Waals surface area contributed by atoms with Gasteiger partial charge in [0, 0.05) is 16.1 Å². The number of hydrogen-bond donors (Lipinski definition) is 1. The zero-order chi connectivity index (χ0) is 24.0. The lowest BCUT2D eigenvalue weighted by molar-refractivity contribution is -0.117. The van der Waals surface area contributed by atoms with E-state index >= 15 is 0 Å². The van der Waals surface area contributed by atoms with Gasteiger partial charge >= 0.3 is 0 Å². The molecule has 1 unspecified atom stereocenters. The van der Waals surface area contributed by atoms with Crippen molar-refractivity contribution in [1.82, 2.24) is 0 Å². The predicted octanol–water partition coefficient (Wildman–Crippen LogP) is 6.19. The number of halogens is 1. The van der Waals surface area contributed by atoms with Crippen LogP contribution in [-0.4, -0.2) is 23.9 Å². The van der Waals surface area contributed by atoms with Crippen LogP contribution in [0.1, 0.15) is 27.7 Å². The quantitative estimate of drug-likeness (QED) is 0.350. The molecule has 1 N–H and O–H groups in total. The molecule has 0 radical (unpaired) electrons. The molecule has 0 fully saturated rings. The van der Waals surface area contributed by atoms with Crippen LogP contribution in [0.25, 0.3) is 11.0 Å². The van der Waals surface area contributed by atoms with Crippen LogP contribution < -0.4 is 9.64 Å². The Balaban J connectivity index is 1.65. The highest BCUT2D eigenvalue weighted by Gasteiger charge is 2.45. The minimum Gasteiger partial charge on any atom is -0.503 e. The van der Waals surface area contributed by atoms with Gasteiger partial charge in [-0.25, -0.2) is 0 Å². The van der Waals surface area contributed by atoms with Crippen molar-refractivity contribution < 1.29 is 23.8 Å². The Morgan fingerprint density at radius 3 is 2.53 bits per heavy atom. The monoisotopic (exact) mass is 473 g/mol. The third-order valence-electron chi connectivity index (χ3n) is 5.87. The van der Waals surface area contributed by atoms with Crippen LogP contribution in [0.2, 0.25) is 5.02 Å². The lowest BCUT2D eigenvalue weighted by Gasteiger charge is -2.27. The highest BCUT2D eigenvalue weighted by molar-refractivity contribution is 6.31. The number of carbonyl (C=O) groups excluding carboxylic acids is 2. The highest BCUT2D eigenvalue weighted by Crippen LogP contribution is 2.43. The van der Waals surface area contributed by atoms with Gasteiger partial charge in [-0.15, -0.1) is 0 Å². The van der Waals surface area contributed by atoms with Gasteiger partial charge in [0.25, 0.3) is 5.91 Å². The molecule has 1 atom stereocenters. The van der Waals surface area contributed by atoms with Crippen molar-refractivity contribution in [3.63, 3.8) is 0 Å². The number of benzene rings is 3. The summed E-state index contributed by atoms with van der Waals surface area (Å²) >= 11 is 6.07. The zero-order valence-corrected chi connectivity index (χ0v) is 19.2. The van der Waals surface area contributed by atoms with Gasteiger partial charge in [-0.2, -0.15) is 0 Å². The Labute approximate surface area is 200 Å². The minimum absolute atomic E-state index is 0.0104. The number of fused-ring (bicyclic) bond motifs is 1. The Morgan fingerprint density at radius 2 is 1.82 bits per heavy atom. The number of anilines is 1. The number of ether oxygens (including phenoxy) is 1.